The van der Waals surface area contributed by atoms with Crippen LogP contribution in [0, 0.1) is 0 Å². The second kappa shape index (κ2) is 5.76. The number of thioether (sulfide) groups is 1. The van der Waals surface area contributed by atoms with Crippen molar-refractivity contribution in [2.75, 3.05) is 12.0 Å². The van der Waals surface area contributed by atoms with Crippen molar-refractivity contribution in [3.63, 3.8) is 0 Å². The predicted molar refractivity (Wildman–Crippen MR) is 67.2 cm³/mol. The van der Waals surface area contributed by atoms with Crippen LogP contribution >= 0.6 is 11.8 Å². The summed E-state index contributed by atoms with van der Waals surface area (Å²) in [4.78, 5) is 12.4. The Labute approximate surface area is 108 Å². The minimum Gasteiger partial charge on any atom is -0.395 e. The summed E-state index contributed by atoms with van der Waals surface area (Å²) in [6.07, 6.45) is 3.35. The quantitative estimate of drug-likeness (QED) is 0.388. The zero-order valence-electron chi connectivity index (χ0n) is 9.69. The minimum atomic E-state index is -0.0107. The Bertz CT molecular complexity index is 504. The molecule has 0 aliphatic carbocycles. The lowest BCUT2D eigenvalue weighted by Crippen LogP contribution is -2.15. The number of nitrogen functional groups attached to an aromatic ring is 1. The van der Waals surface area contributed by atoms with Crippen LogP contribution in [0.4, 0.5) is 5.95 Å². The molecule has 96 valence electrons. The Hall–Kier alpha value is -1.71. The van der Waals surface area contributed by atoms with Gasteiger partial charge in [0.25, 0.3) is 5.95 Å². The molecule has 2 aromatic rings. The number of anilines is 1. The summed E-state index contributed by atoms with van der Waals surface area (Å²) in [5.74, 6) is 5.94. The highest BCUT2D eigenvalue weighted by Crippen LogP contribution is 2.20. The lowest BCUT2D eigenvalue weighted by Gasteiger charge is -2.08. The molecule has 18 heavy (non-hydrogen) atoms. The Balaban J connectivity index is 2.33. The van der Waals surface area contributed by atoms with Gasteiger partial charge >= 0.3 is 0 Å². The summed E-state index contributed by atoms with van der Waals surface area (Å²) in [5, 5.41) is 13.5. The number of hydrogen-bond acceptors (Lipinski definition) is 8. The van der Waals surface area contributed by atoms with Gasteiger partial charge in [-0.1, -0.05) is 18.7 Å². The highest BCUT2D eigenvalue weighted by molar-refractivity contribution is 7.99. The fraction of sp³-hybridized carbons (Fsp3) is 0.333. The molecule has 1 atom stereocenters. The summed E-state index contributed by atoms with van der Waals surface area (Å²) >= 11 is 1.34. The van der Waals surface area contributed by atoms with Crippen molar-refractivity contribution in [2.45, 2.75) is 17.3 Å². The number of hydrogen-bond donors (Lipinski definition) is 3. The summed E-state index contributed by atoms with van der Waals surface area (Å²) in [7, 11) is 0. The third-order valence-electron chi connectivity index (χ3n) is 2.01. The summed E-state index contributed by atoms with van der Waals surface area (Å²) < 4.78 is 1.51. The summed E-state index contributed by atoms with van der Waals surface area (Å²) in [6, 6.07) is 1.77. The second-order valence-corrected chi connectivity index (χ2v) is 4.85. The van der Waals surface area contributed by atoms with Gasteiger partial charge in [0.1, 0.15) is 0 Å². The van der Waals surface area contributed by atoms with E-state index in [4.69, 9.17) is 10.9 Å². The van der Waals surface area contributed by atoms with E-state index in [0.717, 1.165) is 0 Å². The number of nitrogens with two attached hydrogens (primary N) is 1. The van der Waals surface area contributed by atoms with E-state index in [1.807, 2.05) is 6.92 Å². The number of hydrazine groups is 1. The first-order valence-corrected chi connectivity index (χ1v) is 6.11. The van der Waals surface area contributed by atoms with Crippen LogP contribution in [0.2, 0.25) is 0 Å². The number of aliphatic hydroxyl groups is 1. The molecule has 0 aromatic carbocycles. The second-order valence-electron chi connectivity index (χ2n) is 3.45. The van der Waals surface area contributed by atoms with Gasteiger partial charge in [-0.25, -0.2) is 10.5 Å². The molecule has 2 rings (SSSR count). The van der Waals surface area contributed by atoms with E-state index in [1.165, 1.54) is 16.4 Å². The van der Waals surface area contributed by atoms with Crippen LogP contribution in [0.3, 0.4) is 0 Å². The fourth-order valence-corrected chi connectivity index (χ4v) is 1.88. The smallest absolute Gasteiger partial charge is 0.256 e. The van der Waals surface area contributed by atoms with Crippen LogP contribution in [0.25, 0.3) is 5.95 Å². The average Bonchev–Trinajstić information content (AvgIpc) is 2.92. The maximum atomic E-state index is 9.03. The number of nitrogens with zero attached hydrogens (tertiary/aromatic N) is 5. The van der Waals surface area contributed by atoms with Crippen LogP contribution < -0.4 is 11.3 Å². The third kappa shape index (κ3) is 2.94. The van der Waals surface area contributed by atoms with E-state index in [2.05, 4.69) is 25.5 Å². The van der Waals surface area contributed by atoms with E-state index in [0.29, 0.717) is 11.1 Å². The maximum absolute atomic E-state index is 9.03. The van der Waals surface area contributed by atoms with Crippen molar-refractivity contribution in [1.29, 1.82) is 0 Å². The van der Waals surface area contributed by atoms with Crippen molar-refractivity contribution in [2.24, 2.45) is 5.84 Å². The van der Waals surface area contributed by atoms with Crippen LogP contribution in [0.5, 0.6) is 0 Å². The Kier molecular flexibility index (Phi) is 4.07. The van der Waals surface area contributed by atoms with E-state index in [9.17, 15) is 0 Å². The van der Waals surface area contributed by atoms with Crippen molar-refractivity contribution >= 4 is 17.7 Å². The van der Waals surface area contributed by atoms with Crippen molar-refractivity contribution in [1.82, 2.24) is 24.7 Å². The van der Waals surface area contributed by atoms with E-state index < -0.39 is 0 Å². The number of nitrogens with one attached hydrogen (secondary N) is 1. The van der Waals surface area contributed by atoms with Gasteiger partial charge in [0.2, 0.25) is 5.95 Å². The van der Waals surface area contributed by atoms with Gasteiger partial charge < -0.3 is 5.11 Å². The normalized spacial score (nSPS) is 12.4. The summed E-state index contributed by atoms with van der Waals surface area (Å²) in [5.41, 5.74) is 2.38. The standard InChI is InChI=1S/C9H13N7OS/c1-6(5-17)18-9-13-7(15-10)12-8(14-9)16-4-2-3-11-16/h2-4,6,17H,5,10H2,1H3,(H,12,13,14,15). The van der Waals surface area contributed by atoms with Crippen molar-refractivity contribution in [3.8, 4) is 5.95 Å². The predicted octanol–water partition coefficient (Wildman–Crippen LogP) is -0.184. The first-order chi connectivity index (χ1) is 8.72. The molecule has 0 fully saturated rings. The topological polar surface area (TPSA) is 115 Å². The molecule has 1 unspecified atom stereocenters. The molecule has 4 N–H and O–H groups in total. The van der Waals surface area contributed by atoms with Gasteiger partial charge in [-0.05, 0) is 6.07 Å². The molecule has 2 heterocycles. The molecule has 0 aliphatic heterocycles. The monoisotopic (exact) mass is 267 g/mol. The molecule has 0 amide bonds. The molecule has 0 radical (unpaired) electrons. The fourth-order valence-electron chi connectivity index (χ4n) is 1.17. The lowest BCUT2D eigenvalue weighted by atomic mass is 10.5. The van der Waals surface area contributed by atoms with Crippen LogP contribution in [0.1, 0.15) is 6.92 Å². The largest absolute Gasteiger partial charge is 0.395 e. The lowest BCUT2D eigenvalue weighted by molar-refractivity contribution is 0.300. The van der Waals surface area contributed by atoms with Crippen LogP contribution in [-0.2, 0) is 0 Å². The zero-order chi connectivity index (χ0) is 13.0. The molecule has 0 spiro atoms. The highest BCUT2D eigenvalue weighted by Gasteiger charge is 2.11. The van der Waals surface area contributed by atoms with Crippen LogP contribution in [-0.4, -0.2) is 41.7 Å². The molecular formula is C9H13N7OS. The van der Waals surface area contributed by atoms with E-state index in [-0.39, 0.29) is 17.8 Å². The first kappa shape index (κ1) is 12.7. The van der Waals surface area contributed by atoms with Gasteiger partial charge in [0.05, 0.1) is 6.61 Å². The summed E-state index contributed by atoms with van der Waals surface area (Å²) in [6.45, 7) is 1.91. The SMILES string of the molecule is CC(CO)Sc1nc(NN)nc(-n2cccn2)n1. The molecule has 2 aromatic heterocycles. The van der Waals surface area contributed by atoms with Gasteiger partial charge in [-0.15, -0.1) is 0 Å². The Morgan fingerprint density at radius 2 is 2.33 bits per heavy atom. The molecule has 0 saturated carbocycles. The van der Waals surface area contributed by atoms with E-state index >= 15 is 0 Å². The number of aromatic nitrogens is 5. The molecular weight excluding hydrogens is 254 g/mol. The molecule has 0 bridgehead atoms. The van der Waals surface area contributed by atoms with Gasteiger partial charge in [-0.3, -0.25) is 5.43 Å². The zero-order valence-corrected chi connectivity index (χ0v) is 10.5. The molecule has 9 heteroatoms. The number of rotatable bonds is 5. The van der Waals surface area contributed by atoms with Crippen molar-refractivity contribution in [3.05, 3.63) is 18.5 Å². The van der Waals surface area contributed by atoms with Gasteiger partial charge in [-0.2, -0.15) is 20.1 Å². The highest BCUT2D eigenvalue weighted by atomic mass is 32.2. The van der Waals surface area contributed by atoms with Crippen LogP contribution in [0.15, 0.2) is 23.6 Å². The average molecular weight is 267 g/mol. The Morgan fingerprint density at radius 3 is 2.94 bits per heavy atom. The first-order valence-electron chi connectivity index (χ1n) is 5.23. The minimum absolute atomic E-state index is 0.0107. The number of aliphatic hydroxyl groups excluding tert-OH is 1. The van der Waals surface area contributed by atoms with Gasteiger partial charge in [0.15, 0.2) is 5.16 Å². The molecule has 0 aliphatic rings. The maximum Gasteiger partial charge on any atom is 0.256 e. The van der Waals surface area contributed by atoms with Gasteiger partial charge in [0, 0.05) is 17.6 Å². The molecule has 8 nitrogen and oxygen atoms in total. The molecule has 0 saturated heterocycles. The van der Waals surface area contributed by atoms with E-state index in [1.54, 1.807) is 18.5 Å². The third-order valence-corrected chi connectivity index (χ3v) is 2.95. The van der Waals surface area contributed by atoms with Crippen molar-refractivity contribution < 1.29 is 5.11 Å². The Morgan fingerprint density at radius 1 is 1.50 bits per heavy atom.